The van der Waals surface area contributed by atoms with Crippen LogP contribution in [0.4, 0.5) is 11.4 Å². The maximum atomic E-state index is 13.0. The number of sulfonamides is 1. The van der Waals surface area contributed by atoms with Crippen molar-refractivity contribution in [1.82, 2.24) is 0 Å². The third-order valence-electron chi connectivity index (χ3n) is 3.95. The highest BCUT2D eigenvalue weighted by Crippen LogP contribution is 2.35. The largest absolute Gasteiger partial charge is 0.364 e. The number of benzene rings is 2. The van der Waals surface area contributed by atoms with E-state index in [-0.39, 0.29) is 27.6 Å². The minimum atomic E-state index is -4.02. The summed E-state index contributed by atoms with van der Waals surface area (Å²) in [6.45, 7) is 3.75. The average molecular weight is 366 g/mol. The fourth-order valence-electron chi connectivity index (χ4n) is 2.81. The van der Waals surface area contributed by atoms with Crippen LogP contribution in [0.1, 0.15) is 22.8 Å². The first-order valence-electron chi connectivity index (χ1n) is 7.22. The SMILES string of the molecule is Cc1ccccc1N1C(=O)c2cc(S(N)(=O)=O)c(Cl)cc2N[C@@H]1C. The van der Waals surface area contributed by atoms with Crippen LogP contribution in [0.5, 0.6) is 0 Å². The molecule has 6 nitrogen and oxygen atoms in total. The zero-order valence-electron chi connectivity index (χ0n) is 13.1. The summed E-state index contributed by atoms with van der Waals surface area (Å²) in [4.78, 5) is 14.3. The molecule has 1 amide bonds. The molecule has 0 aliphatic carbocycles. The summed E-state index contributed by atoms with van der Waals surface area (Å²) >= 11 is 6.00. The molecule has 0 spiro atoms. The number of rotatable bonds is 2. The first-order valence-corrected chi connectivity index (χ1v) is 9.14. The fourth-order valence-corrected chi connectivity index (χ4v) is 3.91. The van der Waals surface area contributed by atoms with Crippen LogP contribution in [0.3, 0.4) is 0 Å². The molecule has 3 rings (SSSR count). The monoisotopic (exact) mass is 365 g/mol. The lowest BCUT2D eigenvalue weighted by atomic mass is 10.1. The molecule has 0 saturated carbocycles. The molecular formula is C16H16ClN3O3S. The summed E-state index contributed by atoms with van der Waals surface area (Å²) in [5, 5.41) is 8.33. The van der Waals surface area contributed by atoms with Crippen LogP contribution in [0.25, 0.3) is 0 Å². The maximum absolute atomic E-state index is 13.0. The van der Waals surface area contributed by atoms with Crippen molar-refractivity contribution < 1.29 is 13.2 Å². The number of hydrogen-bond acceptors (Lipinski definition) is 4. The molecule has 0 saturated heterocycles. The summed E-state index contributed by atoms with van der Waals surface area (Å²) in [6, 6.07) is 10.1. The highest BCUT2D eigenvalue weighted by molar-refractivity contribution is 7.89. The zero-order chi connectivity index (χ0) is 17.6. The van der Waals surface area contributed by atoms with Gasteiger partial charge >= 0.3 is 0 Å². The second-order valence-corrected chi connectivity index (χ2v) is 7.59. The number of hydrogen-bond donors (Lipinski definition) is 2. The summed E-state index contributed by atoms with van der Waals surface area (Å²) in [7, 11) is -4.02. The van der Waals surface area contributed by atoms with E-state index in [0.29, 0.717) is 5.69 Å². The van der Waals surface area contributed by atoms with Crippen LogP contribution >= 0.6 is 11.6 Å². The minimum Gasteiger partial charge on any atom is -0.364 e. The molecule has 1 aliphatic heterocycles. The van der Waals surface area contributed by atoms with Gasteiger partial charge in [0.15, 0.2) is 0 Å². The van der Waals surface area contributed by atoms with Gasteiger partial charge in [0.1, 0.15) is 11.1 Å². The second-order valence-electron chi connectivity index (χ2n) is 5.66. The number of nitrogens with two attached hydrogens (primary N) is 1. The topological polar surface area (TPSA) is 92.5 Å². The Morgan fingerprint density at radius 1 is 1.25 bits per heavy atom. The van der Waals surface area contributed by atoms with Gasteiger partial charge in [-0.3, -0.25) is 9.69 Å². The molecule has 24 heavy (non-hydrogen) atoms. The van der Waals surface area contributed by atoms with Gasteiger partial charge < -0.3 is 5.32 Å². The average Bonchev–Trinajstić information content (AvgIpc) is 2.47. The van der Waals surface area contributed by atoms with Gasteiger partial charge in [0.2, 0.25) is 10.0 Å². The molecule has 1 aliphatic rings. The Labute approximate surface area is 145 Å². The van der Waals surface area contributed by atoms with E-state index in [2.05, 4.69) is 5.32 Å². The number of aryl methyl sites for hydroxylation is 1. The highest BCUT2D eigenvalue weighted by atomic mass is 35.5. The summed E-state index contributed by atoms with van der Waals surface area (Å²) in [5.74, 6) is -0.313. The second kappa shape index (κ2) is 5.77. The third-order valence-corrected chi connectivity index (χ3v) is 5.33. The number of carbonyl (C=O) groups excluding carboxylic acids is 1. The molecule has 1 heterocycles. The standard InChI is InChI=1S/C16H16ClN3O3S/c1-9-5-3-4-6-14(9)20-10(2)19-13-8-12(17)15(24(18,22)23)7-11(13)16(20)21/h3-8,10,19H,1-2H3,(H2,18,22,23)/t10-/m0/s1. The molecule has 0 fully saturated rings. The van der Waals surface area contributed by atoms with Gasteiger partial charge in [0, 0.05) is 5.69 Å². The van der Waals surface area contributed by atoms with Crippen LogP contribution in [-0.2, 0) is 10.0 Å². The van der Waals surface area contributed by atoms with Gasteiger partial charge in [0.25, 0.3) is 5.91 Å². The number of primary sulfonamides is 1. The van der Waals surface area contributed by atoms with E-state index >= 15 is 0 Å². The zero-order valence-corrected chi connectivity index (χ0v) is 14.6. The Kier molecular flexibility index (Phi) is 4.03. The fraction of sp³-hybridized carbons (Fsp3) is 0.188. The molecule has 2 aromatic carbocycles. The molecule has 2 aromatic rings. The van der Waals surface area contributed by atoms with E-state index in [1.807, 2.05) is 38.1 Å². The van der Waals surface area contributed by atoms with Crippen LogP contribution in [0.2, 0.25) is 5.02 Å². The highest BCUT2D eigenvalue weighted by Gasteiger charge is 2.33. The van der Waals surface area contributed by atoms with Crippen molar-refractivity contribution in [1.29, 1.82) is 0 Å². The van der Waals surface area contributed by atoms with Crippen molar-refractivity contribution in [3.05, 3.63) is 52.5 Å². The van der Waals surface area contributed by atoms with Gasteiger partial charge in [-0.25, -0.2) is 13.6 Å². The van der Waals surface area contributed by atoms with Gasteiger partial charge in [-0.2, -0.15) is 0 Å². The quantitative estimate of drug-likeness (QED) is 0.855. The molecule has 0 radical (unpaired) electrons. The van der Waals surface area contributed by atoms with Crippen molar-refractivity contribution in [2.45, 2.75) is 24.9 Å². The van der Waals surface area contributed by atoms with Gasteiger partial charge in [-0.15, -0.1) is 0 Å². The van der Waals surface area contributed by atoms with Crippen LogP contribution in [0, 0.1) is 6.92 Å². The smallest absolute Gasteiger partial charge is 0.262 e. The number of nitrogens with zero attached hydrogens (tertiary/aromatic N) is 1. The minimum absolute atomic E-state index is 0.0203. The van der Waals surface area contributed by atoms with Gasteiger partial charge in [-0.05, 0) is 37.6 Å². The van der Waals surface area contributed by atoms with E-state index in [1.54, 1.807) is 4.90 Å². The summed E-state index contributed by atoms with van der Waals surface area (Å²) < 4.78 is 23.3. The molecule has 126 valence electrons. The molecule has 8 heteroatoms. The third kappa shape index (κ3) is 2.75. The van der Waals surface area contributed by atoms with Crippen molar-refractivity contribution in [2.75, 3.05) is 10.2 Å². The lowest BCUT2D eigenvalue weighted by Gasteiger charge is -2.37. The van der Waals surface area contributed by atoms with E-state index in [9.17, 15) is 13.2 Å². The Morgan fingerprint density at radius 3 is 2.54 bits per heavy atom. The molecular weight excluding hydrogens is 350 g/mol. The Balaban J connectivity index is 2.17. The number of anilines is 2. The molecule has 3 N–H and O–H groups in total. The van der Waals surface area contributed by atoms with Crippen LogP contribution < -0.4 is 15.4 Å². The number of amides is 1. The number of fused-ring (bicyclic) bond motifs is 1. The van der Waals surface area contributed by atoms with Crippen molar-refractivity contribution >= 4 is 38.9 Å². The van der Waals surface area contributed by atoms with Crippen molar-refractivity contribution in [3.63, 3.8) is 0 Å². The van der Waals surface area contributed by atoms with E-state index < -0.39 is 10.0 Å². The number of carbonyl (C=O) groups is 1. The maximum Gasteiger partial charge on any atom is 0.262 e. The number of nitrogens with one attached hydrogen (secondary N) is 1. The molecule has 1 atom stereocenters. The molecule has 0 unspecified atom stereocenters. The lowest BCUT2D eigenvalue weighted by molar-refractivity contribution is 0.0976. The van der Waals surface area contributed by atoms with Gasteiger partial charge in [0.05, 0.1) is 16.3 Å². The Bertz CT molecular complexity index is 944. The van der Waals surface area contributed by atoms with Gasteiger partial charge in [-0.1, -0.05) is 29.8 Å². The van der Waals surface area contributed by atoms with Crippen LogP contribution in [0.15, 0.2) is 41.3 Å². The van der Waals surface area contributed by atoms with Crippen molar-refractivity contribution in [3.8, 4) is 0 Å². The van der Waals surface area contributed by atoms with E-state index in [4.69, 9.17) is 16.7 Å². The summed E-state index contributed by atoms with van der Waals surface area (Å²) in [5.41, 5.74) is 2.38. The molecule has 0 bridgehead atoms. The molecule has 0 aromatic heterocycles. The normalized spacial score (nSPS) is 17.4. The first-order chi connectivity index (χ1) is 11.2. The lowest BCUT2D eigenvalue weighted by Crippen LogP contribution is -2.47. The Morgan fingerprint density at radius 2 is 1.92 bits per heavy atom. The Hall–Kier alpha value is -2.09. The van der Waals surface area contributed by atoms with E-state index in [0.717, 1.165) is 11.3 Å². The predicted molar refractivity (Wildman–Crippen MR) is 93.9 cm³/mol. The predicted octanol–water partition coefficient (Wildman–Crippen LogP) is 2.71. The number of para-hydroxylation sites is 1. The van der Waals surface area contributed by atoms with E-state index in [1.165, 1.54) is 12.1 Å². The van der Waals surface area contributed by atoms with Crippen molar-refractivity contribution in [2.24, 2.45) is 5.14 Å². The summed E-state index contributed by atoms with van der Waals surface area (Å²) in [6.07, 6.45) is -0.317. The van der Waals surface area contributed by atoms with Crippen LogP contribution in [-0.4, -0.2) is 20.5 Å². The first kappa shape index (κ1) is 16.8. The number of halogens is 1.